The van der Waals surface area contributed by atoms with Crippen LogP contribution in [0.3, 0.4) is 0 Å². The average molecular weight is 226 g/mol. The zero-order valence-electron chi connectivity index (χ0n) is 11.3. The van der Waals surface area contributed by atoms with E-state index in [1.807, 2.05) is 41.5 Å². The fourth-order valence-corrected chi connectivity index (χ4v) is 2.64. The fraction of sp³-hybridized carbons (Fsp3) is 0.833. The molecule has 0 aromatic rings. The molecule has 1 aliphatic rings. The van der Waals surface area contributed by atoms with Gasteiger partial charge in [0.1, 0.15) is 0 Å². The van der Waals surface area contributed by atoms with Crippen LogP contribution in [0, 0.1) is 0 Å². The van der Waals surface area contributed by atoms with E-state index in [0.717, 1.165) is 11.1 Å². The van der Waals surface area contributed by atoms with Crippen molar-refractivity contribution in [1.82, 2.24) is 0 Å². The van der Waals surface area contributed by atoms with Gasteiger partial charge in [0.15, 0.2) is 0 Å². The van der Waals surface area contributed by atoms with Crippen molar-refractivity contribution in [2.45, 2.75) is 63.7 Å². The van der Waals surface area contributed by atoms with Crippen molar-refractivity contribution in [3.63, 3.8) is 0 Å². The van der Waals surface area contributed by atoms with Gasteiger partial charge in [0.05, 0.1) is 22.2 Å². The van der Waals surface area contributed by atoms with Crippen molar-refractivity contribution in [2.24, 2.45) is 22.9 Å². The van der Waals surface area contributed by atoms with Crippen LogP contribution < -0.4 is 22.9 Å². The summed E-state index contributed by atoms with van der Waals surface area (Å²) in [5.74, 6) is 0. The third kappa shape index (κ3) is 1.19. The van der Waals surface area contributed by atoms with Crippen LogP contribution in [-0.4, -0.2) is 22.2 Å². The Morgan fingerprint density at radius 3 is 1.00 bits per heavy atom. The summed E-state index contributed by atoms with van der Waals surface area (Å²) in [4.78, 5) is 0. The van der Waals surface area contributed by atoms with E-state index in [4.69, 9.17) is 22.9 Å². The maximum Gasteiger partial charge on any atom is 0.0545 e. The predicted molar refractivity (Wildman–Crippen MR) is 68.7 cm³/mol. The molecule has 4 unspecified atom stereocenters. The van der Waals surface area contributed by atoms with Crippen LogP contribution in [0.5, 0.6) is 0 Å². The maximum absolute atomic E-state index is 6.40. The minimum absolute atomic E-state index is 0.653. The highest BCUT2D eigenvalue weighted by Gasteiger charge is 2.62. The molecule has 4 nitrogen and oxygen atoms in total. The average Bonchev–Trinajstić information content (AvgIpc) is 2.12. The van der Waals surface area contributed by atoms with E-state index in [1.165, 1.54) is 0 Å². The van der Waals surface area contributed by atoms with Gasteiger partial charge in [-0.25, -0.2) is 0 Å². The summed E-state index contributed by atoms with van der Waals surface area (Å²) in [6.07, 6.45) is 0. The van der Waals surface area contributed by atoms with Gasteiger partial charge < -0.3 is 22.9 Å². The molecule has 0 spiro atoms. The smallest absolute Gasteiger partial charge is 0.0545 e. The van der Waals surface area contributed by atoms with Gasteiger partial charge in [-0.1, -0.05) is 11.1 Å². The molecule has 0 fully saturated rings. The Morgan fingerprint density at radius 1 is 0.625 bits per heavy atom. The van der Waals surface area contributed by atoms with E-state index in [9.17, 15) is 0 Å². The highest BCUT2D eigenvalue weighted by molar-refractivity contribution is 5.46. The minimum atomic E-state index is -0.771. The number of hydrogen-bond donors (Lipinski definition) is 4. The Hall–Kier alpha value is -0.420. The first kappa shape index (κ1) is 13.6. The maximum atomic E-state index is 6.40. The van der Waals surface area contributed by atoms with Crippen LogP contribution in [0.4, 0.5) is 0 Å². The highest BCUT2D eigenvalue weighted by Crippen LogP contribution is 2.46. The van der Waals surface area contributed by atoms with Gasteiger partial charge >= 0.3 is 0 Å². The Kier molecular flexibility index (Phi) is 2.62. The zero-order valence-corrected chi connectivity index (χ0v) is 11.3. The Morgan fingerprint density at radius 2 is 0.812 bits per heavy atom. The molecule has 1 rings (SSSR count). The Balaban J connectivity index is 3.64. The van der Waals surface area contributed by atoms with Crippen LogP contribution in [0.2, 0.25) is 0 Å². The molecule has 1 aliphatic carbocycles. The fourth-order valence-electron chi connectivity index (χ4n) is 2.64. The second-order valence-electron chi connectivity index (χ2n) is 6.06. The van der Waals surface area contributed by atoms with E-state index < -0.39 is 22.2 Å². The summed E-state index contributed by atoms with van der Waals surface area (Å²) in [5.41, 5.74) is 24.7. The largest absolute Gasteiger partial charge is 0.322 e. The molecule has 0 aliphatic heterocycles. The molecule has 0 radical (unpaired) electrons. The molecule has 8 N–H and O–H groups in total. The molecule has 16 heavy (non-hydrogen) atoms. The lowest BCUT2D eigenvalue weighted by molar-refractivity contribution is 0.0982. The monoisotopic (exact) mass is 226 g/mol. The van der Waals surface area contributed by atoms with Gasteiger partial charge in [-0.05, 0) is 41.5 Å². The SMILES string of the molecule is CC1=C(C)C(C)(N)C(C)(N)C(C)(N)C1(C)N. The van der Waals surface area contributed by atoms with Crippen molar-refractivity contribution in [2.75, 3.05) is 0 Å². The van der Waals surface area contributed by atoms with E-state index in [0.29, 0.717) is 0 Å². The minimum Gasteiger partial charge on any atom is -0.322 e. The molecular formula is C12H26N4. The lowest BCUT2D eigenvalue weighted by Crippen LogP contribution is -2.86. The third-order valence-corrected chi connectivity index (χ3v) is 5.36. The summed E-state index contributed by atoms with van der Waals surface area (Å²) < 4.78 is 0. The predicted octanol–water partition coefficient (Wildman–Crippen LogP) is 0.206. The van der Waals surface area contributed by atoms with Crippen LogP contribution in [-0.2, 0) is 0 Å². The Bertz CT molecular complexity index is 314. The molecule has 4 atom stereocenters. The molecule has 0 saturated carbocycles. The summed E-state index contributed by atoms with van der Waals surface area (Å²) in [5, 5.41) is 0. The molecule has 94 valence electrons. The molecule has 0 amide bonds. The van der Waals surface area contributed by atoms with E-state index in [-0.39, 0.29) is 0 Å². The normalized spacial score (nSPS) is 54.4. The van der Waals surface area contributed by atoms with Crippen molar-refractivity contribution in [3.8, 4) is 0 Å². The number of nitrogens with two attached hydrogens (primary N) is 4. The lowest BCUT2D eigenvalue weighted by atomic mass is 9.52. The molecular weight excluding hydrogens is 200 g/mol. The standard InChI is InChI=1S/C12H26N4/c1-7-8(2)10(4,14)12(6,16)11(5,15)9(7,3)13/h13-16H2,1-6H3. The number of hydrogen-bond acceptors (Lipinski definition) is 4. The van der Waals surface area contributed by atoms with E-state index >= 15 is 0 Å². The first-order valence-electron chi connectivity index (χ1n) is 5.65. The summed E-state index contributed by atoms with van der Waals surface area (Å²) >= 11 is 0. The molecule has 0 aromatic heterocycles. The zero-order chi connectivity index (χ0) is 13.2. The second kappa shape index (κ2) is 3.07. The first-order valence-corrected chi connectivity index (χ1v) is 5.65. The molecule has 0 saturated heterocycles. The van der Waals surface area contributed by atoms with Crippen molar-refractivity contribution in [1.29, 1.82) is 0 Å². The van der Waals surface area contributed by atoms with Crippen molar-refractivity contribution < 1.29 is 0 Å². The summed E-state index contributed by atoms with van der Waals surface area (Å²) in [6, 6.07) is 0. The van der Waals surface area contributed by atoms with Gasteiger partial charge in [-0.3, -0.25) is 0 Å². The van der Waals surface area contributed by atoms with Crippen LogP contribution in [0.1, 0.15) is 41.5 Å². The molecule has 0 bridgehead atoms. The topological polar surface area (TPSA) is 104 Å². The molecule has 0 aromatic carbocycles. The number of rotatable bonds is 0. The van der Waals surface area contributed by atoms with Gasteiger partial charge in [-0.2, -0.15) is 0 Å². The van der Waals surface area contributed by atoms with Crippen LogP contribution >= 0.6 is 0 Å². The van der Waals surface area contributed by atoms with Gasteiger partial charge in [-0.15, -0.1) is 0 Å². The highest BCUT2D eigenvalue weighted by atomic mass is 15.1. The first-order chi connectivity index (χ1) is 6.82. The molecule has 4 heteroatoms. The van der Waals surface area contributed by atoms with Gasteiger partial charge in [0.25, 0.3) is 0 Å². The van der Waals surface area contributed by atoms with Gasteiger partial charge in [0, 0.05) is 0 Å². The Labute approximate surface area is 98.4 Å². The van der Waals surface area contributed by atoms with Crippen LogP contribution in [0.15, 0.2) is 11.1 Å². The summed E-state index contributed by atoms with van der Waals surface area (Å²) in [6.45, 7) is 11.6. The third-order valence-electron chi connectivity index (χ3n) is 5.36. The van der Waals surface area contributed by atoms with E-state index in [1.54, 1.807) is 0 Å². The van der Waals surface area contributed by atoms with Gasteiger partial charge in [0.2, 0.25) is 0 Å². The van der Waals surface area contributed by atoms with E-state index in [2.05, 4.69) is 0 Å². The molecule has 0 heterocycles. The van der Waals surface area contributed by atoms with Crippen molar-refractivity contribution in [3.05, 3.63) is 11.1 Å². The lowest BCUT2D eigenvalue weighted by Gasteiger charge is -2.62. The van der Waals surface area contributed by atoms with Crippen molar-refractivity contribution >= 4 is 0 Å². The van der Waals surface area contributed by atoms with Crippen LogP contribution in [0.25, 0.3) is 0 Å². The second-order valence-corrected chi connectivity index (χ2v) is 6.06. The summed E-state index contributed by atoms with van der Waals surface area (Å²) in [7, 11) is 0. The quantitative estimate of drug-likeness (QED) is 0.443.